The topological polar surface area (TPSA) is 41.6 Å². The van der Waals surface area contributed by atoms with Crippen LogP contribution in [0.25, 0.3) is 0 Å². The lowest BCUT2D eigenvalue weighted by molar-refractivity contribution is -0.135. The van der Waals surface area contributed by atoms with Gasteiger partial charge in [0.2, 0.25) is 5.91 Å². The molecule has 1 N–H and O–H groups in total. The van der Waals surface area contributed by atoms with Crippen LogP contribution in [0.2, 0.25) is 0 Å². The van der Waals surface area contributed by atoms with Crippen molar-refractivity contribution in [3.63, 3.8) is 0 Å². The van der Waals surface area contributed by atoms with Crippen molar-refractivity contribution in [1.29, 1.82) is 0 Å². The first kappa shape index (κ1) is 15.8. The maximum atomic E-state index is 12.3. The van der Waals surface area contributed by atoms with E-state index in [0.717, 1.165) is 5.69 Å². The minimum absolute atomic E-state index is 0.137. The minimum Gasteiger partial charge on any atom is -0.378 e. The largest absolute Gasteiger partial charge is 0.378 e. The van der Waals surface area contributed by atoms with Gasteiger partial charge < -0.3 is 15.0 Å². The zero-order valence-corrected chi connectivity index (χ0v) is 13.5. The molecular formula is C17H26N2O2. The van der Waals surface area contributed by atoms with Gasteiger partial charge in [0.15, 0.2) is 0 Å². The smallest absolute Gasteiger partial charge is 0.244 e. The molecule has 1 atom stereocenters. The first-order valence-electron chi connectivity index (χ1n) is 7.61. The summed E-state index contributed by atoms with van der Waals surface area (Å²) in [6.07, 6.45) is 0. The Morgan fingerprint density at radius 2 is 1.76 bits per heavy atom. The van der Waals surface area contributed by atoms with Crippen LogP contribution in [0.3, 0.4) is 0 Å². The Kier molecular flexibility index (Phi) is 4.88. The van der Waals surface area contributed by atoms with Crippen LogP contribution in [-0.4, -0.2) is 43.2 Å². The van der Waals surface area contributed by atoms with Crippen molar-refractivity contribution in [3.8, 4) is 0 Å². The van der Waals surface area contributed by atoms with Crippen molar-refractivity contribution >= 4 is 11.6 Å². The molecule has 1 fully saturated rings. The second-order valence-corrected chi connectivity index (χ2v) is 6.63. The standard InChI is InChI=1S/C17H26N2O2/c1-13(16(20)19-9-11-21-12-10-19)18-15-7-5-14(6-8-15)17(2,3)4/h5-8,13,18H,9-12H2,1-4H3. The number of ether oxygens (including phenoxy) is 1. The summed E-state index contributed by atoms with van der Waals surface area (Å²) in [5, 5.41) is 3.29. The van der Waals surface area contributed by atoms with E-state index in [1.165, 1.54) is 5.56 Å². The van der Waals surface area contributed by atoms with Gasteiger partial charge in [0, 0.05) is 18.8 Å². The van der Waals surface area contributed by atoms with Gasteiger partial charge in [0.1, 0.15) is 6.04 Å². The number of morpholine rings is 1. The van der Waals surface area contributed by atoms with Gasteiger partial charge in [0.25, 0.3) is 0 Å². The number of carbonyl (C=O) groups excluding carboxylic acids is 1. The molecule has 0 bridgehead atoms. The van der Waals surface area contributed by atoms with Crippen molar-refractivity contribution in [2.24, 2.45) is 0 Å². The van der Waals surface area contributed by atoms with Crippen LogP contribution in [0.15, 0.2) is 24.3 Å². The number of hydrogen-bond acceptors (Lipinski definition) is 3. The molecule has 0 aliphatic carbocycles. The van der Waals surface area contributed by atoms with E-state index in [4.69, 9.17) is 4.74 Å². The lowest BCUT2D eigenvalue weighted by Crippen LogP contribution is -2.46. The summed E-state index contributed by atoms with van der Waals surface area (Å²) in [4.78, 5) is 14.2. The van der Waals surface area contributed by atoms with Crippen LogP contribution >= 0.6 is 0 Å². The number of amides is 1. The molecule has 1 unspecified atom stereocenters. The van der Waals surface area contributed by atoms with Crippen LogP contribution in [0.1, 0.15) is 33.3 Å². The number of benzene rings is 1. The lowest BCUT2D eigenvalue weighted by Gasteiger charge is -2.29. The van der Waals surface area contributed by atoms with Crippen molar-refractivity contribution in [1.82, 2.24) is 4.90 Å². The Morgan fingerprint density at radius 3 is 2.29 bits per heavy atom. The van der Waals surface area contributed by atoms with Gasteiger partial charge >= 0.3 is 0 Å². The molecule has 0 spiro atoms. The van der Waals surface area contributed by atoms with Gasteiger partial charge in [-0.05, 0) is 30.0 Å². The molecule has 116 valence electrons. The zero-order chi connectivity index (χ0) is 15.5. The maximum Gasteiger partial charge on any atom is 0.244 e. The Hall–Kier alpha value is -1.55. The molecule has 0 saturated carbocycles. The van der Waals surface area contributed by atoms with Crippen molar-refractivity contribution < 1.29 is 9.53 Å². The molecule has 1 saturated heterocycles. The molecule has 1 heterocycles. The maximum absolute atomic E-state index is 12.3. The van der Waals surface area contributed by atoms with Gasteiger partial charge in [0.05, 0.1) is 13.2 Å². The number of nitrogens with one attached hydrogen (secondary N) is 1. The molecule has 0 aromatic heterocycles. The predicted octanol–water partition coefficient (Wildman–Crippen LogP) is 2.64. The molecule has 2 rings (SSSR count). The van der Waals surface area contributed by atoms with Gasteiger partial charge in [-0.2, -0.15) is 0 Å². The normalized spacial score (nSPS) is 17.4. The van der Waals surface area contributed by atoms with Gasteiger partial charge in [-0.1, -0.05) is 32.9 Å². The average molecular weight is 290 g/mol. The predicted molar refractivity (Wildman–Crippen MR) is 85.6 cm³/mol. The molecule has 4 heteroatoms. The van der Waals surface area contributed by atoms with Gasteiger partial charge in [-0.15, -0.1) is 0 Å². The summed E-state index contributed by atoms with van der Waals surface area (Å²) >= 11 is 0. The fraction of sp³-hybridized carbons (Fsp3) is 0.588. The Labute approximate surface area is 127 Å². The average Bonchev–Trinajstić information content (AvgIpc) is 2.47. The fourth-order valence-corrected chi connectivity index (χ4v) is 2.44. The summed E-state index contributed by atoms with van der Waals surface area (Å²) in [6.45, 7) is 11.1. The Balaban J connectivity index is 1.95. The molecule has 1 aliphatic heterocycles. The zero-order valence-electron chi connectivity index (χ0n) is 13.5. The molecule has 4 nitrogen and oxygen atoms in total. The summed E-state index contributed by atoms with van der Waals surface area (Å²) in [6, 6.07) is 8.11. The molecule has 1 aromatic carbocycles. The quantitative estimate of drug-likeness (QED) is 0.930. The van der Waals surface area contributed by atoms with Crippen LogP contribution in [-0.2, 0) is 14.9 Å². The monoisotopic (exact) mass is 290 g/mol. The number of nitrogens with zero attached hydrogens (tertiary/aromatic N) is 1. The SMILES string of the molecule is CC(Nc1ccc(C(C)(C)C)cc1)C(=O)N1CCOCC1. The van der Waals surface area contributed by atoms with Crippen molar-refractivity contribution in [2.45, 2.75) is 39.2 Å². The van der Waals surface area contributed by atoms with Crippen LogP contribution in [0, 0.1) is 0 Å². The summed E-state index contributed by atoms with van der Waals surface area (Å²) in [5.74, 6) is 0.137. The van der Waals surface area contributed by atoms with Crippen molar-refractivity contribution in [2.75, 3.05) is 31.6 Å². The van der Waals surface area contributed by atoms with Gasteiger partial charge in [-0.25, -0.2) is 0 Å². The van der Waals surface area contributed by atoms with E-state index in [9.17, 15) is 4.79 Å². The Bertz CT molecular complexity index is 471. The summed E-state index contributed by atoms with van der Waals surface area (Å²) in [7, 11) is 0. The summed E-state index contributed by atoms with van der Waals surface area (Å²) in [5.41, 5.74) is 2.42. The molecular weight excluding hydrogens is 264 g/mol. The molecule has 1 amide bonds. The number of carbonyl (C=O) groups is 1. The van der Waals surface area contributed by atoms with E-state index in [-0.39, 0.29) is 17.4 Å². The highest BCUT2D eigenvalue weighted by Crippen LogP contribution is 2.23. The van der Waals surface area contributed by atoms with E-state index in [2.05, 4.69) is 38.2 Å². The molecule has 1 aromatic rings. The first-order chi connectivity index (χ1) is 9.88. The van der Waals surface area contributed by atoms with Crippen molar-refractivity contribution in [3.05, 3.63) is 29.8 Å². The highest BCUT2D eigenvalue weighted by molar-refractivity contribution is 5.84. The van der Waals surface area contributed by atoms with E-state index in [1.807, 2.05) is 24.0 Å². The summed E-state index contributed by atoms with van der Waals surface area (Å²) < 4.78 is 5.28. The van der Waals surface area contributed by atoms with Gasteiger partial charge in [-0.3, -0.25) is 4.79 Å². The highest BCUT2D eigenvalue weighted by atomic mass is 16.5. The Morgan fingerprint density at radius 1 is 1.19 bits per heavy atom. The molecule has 21 heavy (non-hydrogen) atoms. The second kappa shape index (κ2) is 6.48. The molecule has 1 aliphatic rings. The third-order valence-corrected chi connectivity index (χ3v) is 3.83. The number of hydrogen-bond donors (Lipinski definition) is 1. The van der Waals surface area contributed by atoms with E-state index < -0.39 is 0 Å². The van der Waals surface area contributed by atoms with E-state index in [0.29, 0.717) is 26.3 Å². The first-order valence-corrected chi connectivity index (χ1v) is 7.61. The third kappa shape index (κ3) is 4.21. The highest BCUT2D eigenvalue weighted by Gasteiger charge is 2.22. The number of rotatable bonds is 3. The minimum atomic E-state index is -0.219. The third-order valence-electron chi connectivity index (χ3n) is 3.83. The van der Waals surface area contributed by atoms with Crippen LogP contribution in [0.4, 0.5) is 5.69 Å². The fourth-order valence-electron chi connectivity index (χ4n) is 2.44. The van der Waals surface area contributed by atoms with E-state index in [1.54, 1.807) is 0 Å². The number of anilines is 1. The van der Waals surface area contributed by atoms with E-state index >= 15 is 0 Å². The lowest BCUT2D eigenvalue weighted by atomic mass is 9.87. The molecule has 0 radical (unpaired) electrons. The second-order valence-electron chi connectivity index (χ2n) is 6.63. The van der Waals surface area contributed by atoms with Crippen LogP contribution < -0.4 is 5.32 Å². The van der Waals surface area contributed by atoms with Crippen LogP contribution in [0.5, 0.6) is 0 Å².